The van der Waals surface area contributed by atoms with Crippen molar-refractivity contribution in [2.75, 3.05) is 0 Å². The van der Waals surface area contributed by atoms with Crippen molar-refractivity contribution in [1.82, 2.24) is 0 Å². The lowest BCUT2D eigenvalue weighted by molar-refractivity contribution is 0.0678. The fourth-order valence-corrected chi connectivity index (χ4v) is 6.04. The quantitative estimate of drug-likeness (QED) is 0.520. The smallest absolute Gasteiger partial charge is 0.0166 e. The minimum atomic E-state index is 0.164. The van der Waals surface area contributed by atoms with Crippen LogP contribution in [0.3, 0.4) is 0 Å². The molecular weight excluding hydrogens is 276 g/mol. The number of fused-ring (bicyclic) bond motifs is 1. The highest BCUT2D eigenvalue weighted by Gasteiger charge is 2.57. The summed E-state index contributed by atoms with van der Waals surface area (Å²) in [6.45, 7) is 10.1. The predicted molar refractivity (Wildman–Crippen MR) is 99.3 cm³/mol. The summed E-state index contributed by atoms with van der Waals surface area (Å²) in [6.07, 6.45) is 20.4. The molecule has 0 atom stereocenters. The molecule has 0 nitrogen and oxygen atoms in total. The van der Waals surface area contributed by atoms with Gasteiger partial charge in [-0.15, -0.1) is 0 Å². The number of hydrogen-bond donors (Lipinski definition) is 0. The van der Waals surface area contributed by atoms with E-state index in [4.69, 9.17) is 0 Å². The molecule has 0 aromatic carbocycles. The second-order valence-electron chi connectivity index (χ2n) is 9.08. The summed E-state index contributed by atoms with van der Waals surface area (Å²) in [5, 5.41) is 0. The average molecular weight is 309 g/mol. The summed E-state index contributed by atoms with van der Waals surface area (Å²) in [7, 11) is 0. The Morgan fingerprint density at radius 1 is 0.739 bits per heavy atom. The van der Waals surface area contributed by atoms with E-state index in [2.05, 4.69) is 52.0 Å². The van der Waals surface area contributed by atoms with Gasteiger partial charge in [0, 0.05) is 10.8 Å². The van der Waals surface area contributed by atoms with E-state index in [1.54, 1.807) is 11.1 Å². The maximum Gasteiger partial charge on any atom is 0.0166 e. The van der Waals surface area contributed by atoms with E-state index < -0.39 is 0 Å². The van der Waals surface area contributed by atoms with Crippen LogP contribution in [0.2, 0.25) is 0 Å². The van der Waals surface area contributed by atoms with Gasteiger partial charge in [-0.05, 0) is 67.9 Å². The Hall–Kier alpha value is -1.04. The van der Waals surface area contributed by atoms with Gasteiger partial charge in [-0.25, -0.2) is 0 Å². The van der Waals surface area contributed by atoms with Crippen molar-refractivity contribution in [2.24, 2.45) is 16.2 Å². The molecule has 0 saturated heterocycles. The summed E-state index contributed by atoms with van der Waals surface area (Å²) in [4.78, 5) is 0. The molecule has 0 aliphatic heterocycles. The lowest BCUT2D eigenvalue weighted by Gasteiger charge is -2.54. The van der Waals surface area contributed by atoms with Crippen molar-refractivity contribution in [3.05, 3.63) is 46.6 Å². The number of hydrogen-bond acceptors (Lipinski definition) is 0. The zero-order chi connectivity index (χ0) is 16.3. The molecule has 124 valence electrons. The van der Waals surface area contributed by atoms with Gasteiger partial charge in [0.05, 0.1) is 0 Å². The van der Waals surface area contributed by atoms with E-state index in [9.17, 15) is 0 Å². The summed E-state index contributed by atoms with van der Waals surface area (Å²) in [5.41, 5.74) is 7.90. The first kappa shape index (κ1) is 15.5. The van der Waals surface area contributed by atoms with Crippen LogP contribution in [0.5, 0.6) is 0 Å². The van der Waals surface area contributed by atoms with E-state index >= 15 is 0 Å². The van der Waals surface area contributed by atoms with Crippen LogP contribution >= 0.6 is 0 Å². The van der Waals surface area contributed by atoms with Crippen LogP contribution in [0.25, 0.3) is 0 Å². The van der Waals surface area contributed by atoms with Crippen molar-refractivity contribution in [1.29, 1.82) is 0 Å². The molecule has 0 aromatic rings. The van der Waals surface area contributed by atoms with Crippen molar-refractivity contribution in [3.63, 3.8) is 0 Å². The first-order chi connectivity index (χ1) is 10.9. The van der Waals surface area contributed by atoms with Crippen LogP contribution in [0, 0.1) is 16.2 Å². The molecule has 23 heavy (non-hydrogen) atoms. The predicted octanol–water partition coefficient (Wildman–Crippen LogP) is 6.91. The standard InChI is InChI=1S/C23H32/c1-21(2,22(3)15-9-10-16-22)23(4)19-13-7-5-11-17(19)18-12-6-8-14-20(18)23/h9-10,15-16H,5-8,11-14H2,1-4H3. The van der Waals surface area contributed by atoms with Gasteiger partial charge in [0.1, 0.15) is 0 Å². The first-order valence-corrected chi connectivity index (χ1v) is 9.74. The lowest BCUT2D eigenvalue weighted by atomic mass is 9.49. The number of rotatable bonds is 2. The molecule has 4 rings (SSSR count). The van der Waals surface area contributed by atoms with Gasteiger partial charge in [-0.1, -0.05) is 63.1 Å². The van der Waals surface area contributed by atoms with E-state index in [-0.39, 0.29) is 16.2 Å². The molecule has 0 spiro atoms. The SMILES string of the molecule is CC1(C(C)(C)C2(C)C3=C(CCCC3)C3=C2CCCC3)C=CC=C1. The van der Waals surface area contributed by atoms with Crippen LogP contribution in [0.4, 0.5) is 0 Å². The number of allylic oxidation sites excluding steroid dienone is 8. The minimum absolute atomic E-state index is 0.164. The average Bonchev–Trinajstić information content (AvgIpc) is 3.12. The fourth-order valence-electron chi connectivity index (χ4n) is 6.04. The van der Waals surface area contributed by atoms with Gasteiger partial charge < -0.3 is 0 Å². The summed E-state index contributed by atoms with van der Waals surface area (Å²) in [6, 6.07) is 0. The Morgan fingerprint density at radius 3 is 1.65 bits per heavy atom. The molecule has 0 amide bonds. The fraction of sp³-hybridized carbons (Fsp3) is 0.652. The lowest BCUT2D eigenvalue weighted by Crippen LogP contribution is -2.47. The highest BCUT2D eigenvalue weighted by molar-refractivity contribution is 5.57. The largest absolute Gasteiger partial charge is 0.0742 e. The Bertz CT molecular complexity index is 604. The molecule has 4 aliphatic rings. The Kier molecular flexibility index (Phi) is 3.35. The highest BCUT2D eigenvalue weighted by atomic mass is 14.6. The maximum atomic E-state index is 2.60. The molecule has 4 aliphatic carbocycles. The molecular formula is C23H32. The monoisotopic (exact) mass is 308 g/mol. The molecule has 0 heteroatoms. The first-order valence-electron chi connectivity index (χ1n) is 9.74. The molecule has 0 bridgehead atoms. The van der Waals surface area contributed by atoms with E-state index in [1.165, 1.54) is 51.4 Å². The normalized spacial score (nSPS) is 28.3. The van der Waals surface area contributed by atoms with Gasteiger partial charge in [0.15, 0.2) is 0 Å². The third-order valence-corrected chi connectivity index (χ3v) is 8.10. The molecule has 0 heterocycles. The van der Waals surface area contributed by atoms with Crippen molar-refractivity contribution in [2.45, 2.75) is 79.1 Å². The third-order valence-electron chi connectivity index (χ3n) is 8.10. The molecule has 0 saturated carbocycles. The zero-order valence-electron chi connectivity index (χ0n) is 15.5. The molecule has 0 N–H and O–H groups in total. The molecule has 0 radical (unpaired) electrons. The van der Waals surface area contributed by atoms with Crippen molar-refractivity contribution in [3.8, 4) is 0 Å². The second kappa shape index (κ2) is 4.98. The van der Waals surface area contributed by atoms with Gasteiger partial charge in [0.25, 0.3) is 0 Å². The van der Waals surface area contributed by atoms with Crippen molar-refractivity contribution < 1.29 is 0 Å². The molecule has 0 unspecified atom stereocenters. The molecule has 0 fully saturated rings. The van der Waals surface area contributed by atoms with Crippen molar-refractivity contribution >= 4 is 0 Å². The van der Waals surface area contributed by atoms with Crippen LogP contribution < -0.4 is 0 Å². The van der Waals surface area contributed by atoms with E-state index in [0.29, 0.717) is 0 Å². The van der Waals surface area contributed by atoms with Gasteiger partial charge in [0.2, 0.25) is 0 Å². The minimum Gasteiger partial charge on any atom is -0.0742 e. The van der Waals surface area contributed by atoms with Crippen LogP contribution in [-0.4, -0.2) is 0 Å². The third kappa shape index (κ3) is 1.84. The van der Waals surface area contributed by atoms with Gasteiger partial charge in [-0.2, -0.15) is 0 Å². The van der Waals surface area contributed by atoms with E-state index in [1.807, 2.05) is 11.1 Å². The van der Waals surface area contributed by atoms with Crippen LogP contribution in [-0.2, 0) is 0 Å². The Labute approximate surface area is 142 Å². The zero-order valence-corrected chi connectivity index (χ0v) is 15.5. The second-order valence-corrected chi connectivity index (χ2v) is 9.08. The van der Waals surface area contributed by atoms with Crippen LogP contribution in [0.15, 0.2) is 46.6 Å². The summed E-state index contributed by atoms with van der Waals surface area (Å²) >= 11 is 0. The molecule has 0 aromatic heterocycles. The topological polar surface area (TPSA) is 0 Å². The highest BCUT2D eigenvalue weighted by Crippen LogP contribution is 2.68. The summed E-state index contributed by atoms with van der Waals surface area (Å²) < 4.78 is 0. The van der Waals surface area contributed by atoms with Crippen LogP contribution in [0.1, 0.15) is 79.1 Å². The van der Waals surface area contributed by atoms with Gasteiger partial charge >= 0.3 is 0 Å². The summed E-state index contributed by atoms with van der Waals surface area (Å²) in [5.74, 6) is 0. The Balaban J connectivity index is 1.91. The van der Waals surface area contributed by atoms with E-state index in [0.717, 1.165) is 0 Å². The maximum absolute atomic E-state index is 2.60. The Morgan fingerprint density at radius 2 is 1.17 bits per heavy atom. The van der Waals surface area contributed by atoms with Gasteiger partial charge in [-0.3, -0.25) is 0 Å².